The van der Waals surface area contributed by atoms with Crippen LogP contribution in [0, 0.1) is 0 Å². The Hall–Kier alpha value is -0.890. The van der Waals surface area contributed by atoms with Crippen molar-refractivity contribution in [1.82, 2.24) is 0 Å². The molecule has 0 rings (SSSR count). The van der Waals surface area contributed by atoms with Crippen LogP contribution in [0.15, 0.2) is 29.4 Å². The summed E-state index contributed by atoms with van der Waals surface area (Å²) in [5, 5.41) is 8.89. The van der Waals surface area contributed by atoms with Crippen molar-refractivity contribution >= 4 is 6.72 Å². The van der Waals surface area contributed by atoms with Crippen LogP contribution in [0.4, 0.5) is 0 Å². The van der Waals surface area contributed by atoms with Gasteiger partial charge in [-0.2, -0.15) is 0 Å². The van der Waals surface area contributed by atoms with Crippen molar-refractivity contribution in [2.24, 2.45) is 4.99 Å². The predicted molar refractivity (Wildman–Crippen MR) is 50.9 cm³/mol. The van der Waals surface area contributed by atoms with Crippen LogP contribution in [0.3, 0.4) is 0 Å². The summed E-state index contributed by atoms with van der Waals surface area (Å²) in [6.45, 7) is 12.4. The molecule has 1 unspecified atom stereocenters. The van der Waals surface area contributed by atoms with Crippen LogP contribution >= 0.6 is 0 Å². The first-order valence-electron chi connectivity index (χ1n) is 3.69. The fourth-order valence-corrected chi connectivity index (χ4v) is 0.445. The van der Waals surface area contributed by atoms with Gasteiger partial charge in [0.2, 0.25) is 0 Å². The second-order valence-electron chi connectivity index (χ2n) is 1.66. The van der Waals surface area contributed by atoms with Crippen molar-refractivity contribution in [3.63, 3.8) is 0 Å². The molecule has 0 amide bonds. The molecule has 11 heavy (non-hydrogen) atoms. The van der Waals surface area contributed by atoms with Crippen molar-refractivity contribution in [3.8, 4) is 0 Å². The molecule has 0 fully saturated rings. The Labute approximate surface area is 69.0 Å². The monoisotopic (exact) mass is 155 g/mol. The Bertz CT molecular complexity index is 136. The molecule has 0 aliphatic heterocycles. The van der Waals surface area contributed by atoms with Gasteiger partial charge in [-0.15, -0.1) is 0 Å². The Morgan fingerprint density at radius 1 is 1.55 bits per heavy atom. The molecule has 0 spiro atoms. The zero-order valence-electron chi connectivity index (χ0n) is 7.54. The summed E-state index contributed by atoms with van der Waals surface area (Å²) in [5.41, 5.74) is 0.546. The minimum Gasteiger partial charge on any atom is -0.387 e. The molecular formula is C9H17NO. The molecule has 2 heteroatoms. The second kappa shape index (κ2) is 9.11. The number of aliphatic hydroxyl groups is 1. The maximum Gasteiger partial charge on any atom is 0.0931 e. The van der Waals surface area contributed by atoms with E-state index in [0.29, 0.717) is 5.70 Å². The summed E-state index contributed by atoms with van der Waals surface area (Å²) in [6, 6.07) is 0. The number of rotatable bonds is 3. The number of hydrogen-bond donors (Lipinski definition) is 1. The first-order valence-corrected chi connectivity index (χ1v) is 3.69. The van der Waals surface area contributed by atoms with Gasteiger partial charge < -0.3 is 5.11 Å². The number of hydrogen-bond acceptors (Lipinski definition) is 2. The number of allylic oxidation sites excluding steroid dienone is 2. The maximum atomic E-state index is 8.89. The topological polar surface area (TPSA) is 32.6 Å². The Morgan fingerprint density at radius 2 is 2.00 bits per heavy atom. The zero-order valence-corrected chi connectivity index (χ0v) is 7.54. The number of nitrogens with zero attached hydrogens (tertiary/aromatic N) is 1. The van der Waals surface area contributed by atoms with Gasteiger partial charge in [-0.3, -0.25) is 4.99 Å². The van der Waals surface area contributed by atoms with Crippen LogP contribution < -0.4 is 0 Å². The van der Waals surface area contributed by atoms with E-state index >= 15 is 0 Å². The molecule has 0 aliphatic carbocycles. The minimum absolute atomic E-state index is 0.546. The van der Waals surface area contributed by atoms with E-state index in [0.717, 1.165) is 0 Å². The van der Waals surface area contributed by atoms with Gasteiger partial charge in [0.05, 0.1) is 11.8 Å². The second-order valence-corrected chi connectivity index (χ2v) is 1.66. The smallest absolute Gasteiger partial charge is 0.0931 e. The van der Waals surface area contributed by atoms with Crippen molar-refractivity contribution < 1.29 is 5.11 Å². The van der Waals surface area contributed by atoms with E-state index in [4.69, 9.17) is 5.11 Å². The van der Waals surface area contributed by atoms with E-state index in [-0.39, 0.29) is 0 Å². The molecule has 0 saturated heterocycles. The summed E-state index contributed by atoms with van der Waals surface area (Å²) in [6.07, 6.45) is 2.63. The average molecular weight is 155 g/mol. The van der Waals surface area contributed by atoms with Crippen LogP contribution in [0.25, 0.3) is 0 Å². The van der Waals surface area contributed by atoms with E-state index < -0.39 is 6.10 Å². The molecule has 1 N–H and O–H groups in total. The average Bonchev–Trinajstić information content (AvgIpc) is 2.03. The van der Waals surface area contributed by atoms with Gasteiger partial charge in [0.1, 0.15) is 0 Å². The number of aliphatic hydroxyl groups excluding tert-OH is 1. The Balaban J connectivity index is 0. The molecule has 0 bridgehead atoms. The van der Waals surface area contributed by atoms with Gasteiger partial charge in [0, 0.05) is 0 Å². The van der Waals surface area contributed by atoms with E-state index in [1.807, 2.05) is 13.8 Å². The van der Waals surface area contributed by atoms with Gasteiger partial charge in [0.15, 0.2) is 0 Å². The van der Waals surface area contributed by atoms with Gasteiger partial charge >= 0.3 is 0 Å². The highest BCUT2D eigenvalue weighted by Gasteiger charge is 1.97. The Kier molecular flexibility index (Phi) is 10.6. The van der Waals surface area contributed by atoms with Gasteiger partial charge in [-0.1, -0.05) is 26.5 Å². The molecule has 1 atom stereocenters. The zero-order chi connectivity index (χ0) is 9.28. The highest BCUT2D eigenvalue weighted by molar-refractivity contribution is 5.31. The van der Waals surface area contributed by atoms with Crippen molar-refractivity contribution in [2.75, 3.05) is 0 Å². The summed E-state index contributed by atoms with van der Waals surface area (Å²) in [7, 11) is 0. The third-order valence-corrected chi connectivity index (χ3v) is 0.899. The SMILES string of the molecule is C=C/C=C(\N=C)C(C)O.CC. The number of aliphatic imine (C=N–C) groups is 1. The molecule has 64 valence electrons. The van der Waals surface area contributed by atoms with Gasteiger partial charge in [-0.05, 0) is 19.7 Å². The summed E-state index contributed by atoms with van der Waals surface area (Å²) in [5.74, 6) is 0. The summed E-state index contributed by atoms with van der Waals surface area (Å²) >= 11 is 0. The lowest BCUT2D eigenvalue weighted by Gasteiger charge is -2.00. The normalized spacial score (nSPS) is 12.5. The fraction of sp³-hybridized carbons (Fsp3) is 0.444. The highest BCUT2D eigenvalue weighted by Crippen LogP contribution is 2.01. The minimum atomic E-state index is -0.555. The molecule has 2 nitrogen and oxygen atoms in total. The van der Waals surface area contributed by atoms with Crippen LogP contribution in [-0.4, -0.2) is 17.9 Å². The lowest BCUT2D eigenvalue weighted by molar-refractivity contribution is 0.230. The summed E-state index contributed by atoms with van der Waals surface area (Å²) in [4.78, 5) is 3.57. The molecule has 0 radical (unpaired) electrons. The summed E-state index contributed by atoms with van der Waals surface area (Å²) < 4.78 is 0. The van der Waals surface area contributed by atoms with Gasteiger partial charge in [0.25, 0.3) is 0 Å². The van der Waals surface area contributed by atoms with Crippen molar-refractivity contribution in [2.45, 2.75) is 26.9 Å². The van der Waals surface area contributed by atoms with Crippen LogP contribution in [0.1, 0.15) is 20.8 Å². The Morgan fingerprint density at radius 3 is 2.09 bits per heavy atom. The lowest BCUT2D eigenvalue weighted by atomic mass is 10.3. The third kappa shape index (κ3) is 7.00. The van der Waals surface area contributed by atoms with Crippen molar-refractivity contribution in [1.29, 1.82) is 0 Å². The maximum absolute atomic E-state index is 8.89. The largest absolute Gasteiger partial charge is 0.387 e. The first kappa shape index (κ1) is 12.8. The molecule has 0 aromatic heterocycles. The molecule has 0 aromatic rings. The van der Waals surface area contributed by atoms with Crippen LogP contribution in [0.5, 0.6) is 0 Å². The quantitative estimate of drug-likeness (QED) is 0.491. The molecule has 0 aliphatic rings. The molecular weight excluding hydrogens is 138 g/mol. The van der Waals surface area contributed by atoms with Gasteiger partial charge in [-0.25, -0.2) is 0 Å². The van der Waals surface area contributed by atoms with E-state index in [2.05, 4.69) is 18.3 Å². The van der Waals surface area contributed by atoms with Crippen LogP contribution in [-0.2, 0) is 0 Å². The van der Waals surface area contributed by atoms with E-state index in [9.17, 15) is 0 Å². The molecule has 0 saturated carbocycles. The highest BCUT2D eigenvalue weighted by atomic mass is 16.3. The molecule has 0 aromatic carbocycles. The molecule has 0 heterocycles. The standard InChI is InChI=1S/C7H11NO.C2H6/c1-4-5-7(8-3)6(2)9;1-2/h4-6,9H,1,3H2,2H3;1-2H3/b7-5-;. The fourth-order valence-electron chi connectivity index (χ4n) is 0.445. The predicted octanol–water partition coefficient (Wildman–Crippen LogP) is 2.16. The van der Waals surface area contributed by atoms with Crippen molar-refractivity contribution in [3.05, 3.63) is 24.4 Å². The van der Waals surface area contributed by atoms with Crippen LogP contribution in [0.2, 0.25) is 0 Å². The third-order valence-electron chi connectivity index (χ3n) is 0.899. The lowest BCUT2D eigenvalue weighted by Crippen LogP contribution is -2.00. The van der Waals surface area contributed by atoms with E-state index in [1.165, 1.54) is 0 Å². The first-order chi connectivity index (χ1) is 5.22. The van der Waals surface area contributed by atoms with E-state index in [1.54, 1.807) is 19.1 Å².